The molecule has 4 rings (SSSR count). The lowest BCUT2D eigenvalue weighted by Crippen LogP contribution is -2.51. The van der Waals surface area contributed by atoms with Crippen molar-refractivity contribution >= 4 is 23.5 Å². The van der Waals surface area contributed by atoms with Crippen LogP contribution in [0, 0.1) is 5.41 Å². The Morgan fingerprint density at radius 3 is 2.53 bits per heavy atom. The van der Waals surface area contributed by atoms with Crippen molar-refractivity contribution in [2.24, 2.45) is 11.1 Å². The number of hydrogen-bond donors (Lipinski definition) is 2. The van der Waals surface area contributed by atoms with Crippen LogP contribution in [0.2, 0.25) is 0 Å². The van der Waals surface area contributed by atoms with Gasteiger partial charge >= 0.3 is 6.18 Å². The molecule has 0 aromatic carbocycles. The largest absolute Gasteiger partial charge is 0.434 e. The van der Waals surface area contributed by atoms with E-state index in [9.17, 15) is 13.2 Å². The molecule has 162 valence electrons. The van der Waals surface area contributed by atoms with Gasteiger partial charge in [-0.15, -0.1) is 10.2 Å². The van der Waals surface area contributed by atoms with Gasteiger partial charge in [0.25, 0.3) is 0 Å². The molecule has 4 heterocycles. The molecule has 2 fully saturated rings. The van der Waals surface area contributed by atoms with E-state index in [1.54, 1.807) is 0 Å². The van der Waals surface area contributed by atoms with Crippen LogP contribution in [0.25, 0.3) is 0 Å². The van der Waals surface area contributed by atoms with Crippen molar-refractivity contribution in [2.45, 2.75) is 48.0 Å². The zero-order valence-corrected chi connectivity index (χ0v) is 17.1. The van der Waals surface area contributed by atoms with Crippen molar-refractivity contribution in [1.82, 2.24) is 20.2 Å². The van der Waals surface area contributed by atoms with E-state index in [2.05, 4.69) is 20.2 Å². The molecule has 12 heteroatoms. The van der Waals surface area contributed by atoms with Crippen LogP contribution in [-0.2, 0) is 10.9 Å². The van der Waals surface area contributed by atoms with Crippen molar-refractivity contribution in [3.63, 3.8) is 0 Å². The first-order chi connectivity index (χ1) is 14.2. The summed E-state index contributed by atoms with van der Waals surface area (Å²) in [7, 11) is 0. The number of anilines is 2. The van der Waals surface area contributed by atoms with Crippen molar-refractivity contribution in [1.29, 1.82) is 0 Å². The molecule has 8 nitrogen and oxygen atoms in total. The third-order valence-corrected chi connectivity index (χ3v) is 6.73. The number of nitrogens with zero attached hydrogens (tertiary/aromatic N) is 5. The number of hydrogen-bond acceptors (Lipinski definition) is 9. The molecule has 0 radical (unpaired) electrons. The van der Waals surface area contributed by atoms with Crippen LogP contribution >= 0.6 is 11.8 Å². The molecular weight excluding hydrogens is 419 g/mol. The first-order valence-electron chi connectivity index (χ1n) is 9.51. The van der Waals surface area contributed by atoms with Gasteiger partial charge in [0.1, 0.15) is 10.8 Å². The number of nitrogen functional groups attached to an aromatic ring is 1. The van der Waals surface area contributed by atoms with Gasteiger partial charge in [0.2, 0.25) is 5.95 Å². The molecule has 0 saturated carbocycles. The summed E-state index contributed by atoms with van der Waals surface area (Å²) >= 11 is 0.795. The summed E-state index contributed by atoms with van der Waals surface area (Å²) in [5, 5.41) is 8.40. The molecule has 0 bridgehead atoms. The van der Waals surface area contributed by atoms with E-state index in [4.69, 9.17) is 16.2 Å². The molecule has 2 aromatic rings. The predicted molar refractivity (Wildman–Crippen MR) is 105 cm³/mol. The molecule has 2 aromatic heterocycles. The van der Waals surface area contributed by atoms with Crippen molar-refractivity contribution in [3.05, 3.63) is 24.0 Å². The highest BCUT2D eigenvalue weighted by Crippen LogP contribution is 2.42. The zero-order valence-electron chi connectivity index (χ0n) is 16.3. The second-order valence-electron chi connectivity index (χ2n) is 7.67. The standard InChI is InChI=1S/C18H22F3N7OS/c1-10-14(23)17(9-29-10)4-6-28(7-5-17)16-24-8-13(26-27-16)30-11-2-3-12(22)25-15(11)18(19,20)21/h2-3,8,10,14H,4-7,9,23H2,1H3,(H2,22,25)/t10-,14+/m0/s1. The first-order valence-corrected chi connectivity index (χ1v) is 10.3. The van der Waals surface area contributed by atoms with E-state index in [1.807, 2.05) is 11.8 Å². The molecule has 2 atom stereocenters. The number of rotatable bonds is 3. The Morgan fingerprint density at radius 1 is 1.23 bits per heavy atom. The van der Waals surface area contributed by atoms with Gasteiger partial charge in [0.15, 0.2) is 5.69 Å². The highest BCUT2D eigenvalue weighted by Gasteiger charge is 2.47. The Balaban J connectivity index is 1.44. The Labute approximate surface area is 175 Å². The van der Waals surface area contributed by atoms with E-state index < -0.39 is 11.9 Å². The van der Waals surface area contributed by atoms with Gasteiger partial charge in [-0.05, 0) is 31.9 Å². The van der Waals surface area contributed by atoms with Crippen LogP contribution < -0.4 is 16.4 Å². The van der Waals surface area contributed by atoms with Gasteiger partial charge in [0.05, 0.1) is 18.9 Å². The lowest BCUT2D eigenvalue weighted by molar-refractivity contribution is -0.143. The summed E-state index contributed by atoms with van der Waals surface area (Å²) in [6.07, 6.45) is -1.42. The van der Waals surface area contributed by atoms with Gasteiger partial charge < -0.3 is 21.1 Å². The SMILES string of the molecule is C[C@@H]1OCC2(CCN(c3ncc(Sc4ccc(N)nc4C(F)(F)F)nn3)CC2)[C@@H]1N. The molecule has 0 unspecified atom stereocenters. The van der Waals surface area contributed by atoms with Gasteiger partial charge in [-0.1, -0.05) is 11.8 Å². The number of pyridine rings is 1. The number of halogens is 3. The lowest BCUT2D eigenvalue weighted by atomic mass is 9.73. The van der Waals surface area contributed by atoms with Crippen LogP contribution in [0.3, 0.4) is 0 Å². The first kappa shape index (κ1) is 21.1. The summed E-state index contributed by atoms with van der Waals surface area (Å²) in [4.78, 5) is 9.61. The highest BCUT2D eigenvalue weighted by molar-refractivity contribution is 7.99. The minimum absolute atomic E-state index is 0.00816. The summed E-state index contributed by atoms with van der Waals surface area (Å²) in [6, 6.07) is 2.59. The fourth-order valence-corrected chi connectivity index (χ4v) is 4.74. The van der Waals surface area contributed by atoms with Gasteiger partial charge in [-0.3, -0.25) is 0 Å². The monoisotopic (exact) mass is 441 g/mol. The van der Waals surface area contributed by atoms with E-state index in [0.29, 0.717) is 12.6 Å². The third kappa shape index (κ3) is 4.03. The minimum atomic E-state index is -4.62. The lowest BCUT2D eigenvalue weighted by Gasteiger charge is -2.41. The predicted octanol–water partition coefficient (Wildman–Crippen LogP) is 2.35. The Kier molecular flexibility index (Phi) is 5.49. The molecule has 0 amide bonds. The summed E-state index contributed by atoms with van der Waals surface area (Å²) < 4.78 is 45.4. The van der Waals surface area contributed by atoms with Crippen molar-refractivity contribution in [3.8, 4) is 0 Å². The second kappa shape index (κ2) is 7.82. The third-order valence-electron chi connectivity index (χ3n) is 5.78. The summed E-state index contributed by atoms with van der Waals surface area (Å²) in [5.74, 6) is 0.247. The maximum Gasteiger partial charge on any atom is 0.434 e. The number of aromatic nitrogens is 4. The van der Waals surface area contributed by atoms with Crippen LogP contribution in [0.15, 0.2) is 28.3 Å². The Morgan fingerprint density at radius 2 is 1.97 bits per heavy atom. The van der Waals surface area contributed by atoms with E-state index in [-0.39, 0.29) is 33.3 Å². The molecule has 30 heavy (non-hydrogen) atoms. The van der Waals surface area contributed by atoms with E-state index >= 15 is 0 Å². The molecule has 4 N–H and O–H groups in total. The average Bonchev–Trinajstić information content (AvgIpc) is 2.98. The minimum Gasteiger partial charge on any atom is -0.384 e. The fraction of sp³-hybridized carbons (Fsp3) is 0.556. The number of piperidine rings is 1. The number of nitrogens with two attached hydrogens (primary N) is 2. The van der Waals surface area contributed by atoms with Gasteiger partial charge in [-0.2, -0.15) is 13.2 Å². The second-order valence-corrected chi connectivity index (χ2v) is 8.73. The van der Waals surface area contributed by atoms with Gasteiger partial charge in [0, 0.05) is 29.4 Å². The van der Waals surface area contributed by atoms with Gasteiger partial charge in [-0.25, -0.2) is 9.97 Å². The molecule has 2 aliphatic rings. The summed E-state index contributed by atoms with van der Waals surface area (Å²) in [5.41, 5.74) is 10.7. The quantitative estimate of drug-likeness (QED) is 0.740. The van der Waals surface area contributed by atoms with Crippen LogP contribution in [0.5, 0.6) is 0 Å². The summed E-state index contributed by atoms with van der Waals surface area (Å²) in [6.45, 7) is 4.10. The fourth-order valence-electron chi connectivity index (χ4n) is 3.93. The topological polar surface area (TPSA) is 116 Å². The van der Waals surface area contributed by atoms with E-state index in [1.165, 1.54) is 18.3 Å². The maximum atomic E-state index is 13.2. The molecular formula is C18H22F3N7OS. The highest BCUT2D eigenvalue weighted by atomic mass is 32.2. The molecule has 2 aliphatic heterocycles. The van der Waals surface area contributed by atoms with Crippen LogP contribution in [0.4, 0.5) is 24.9 Å². The van der Waals surface area contributed by atoms with Crippen LogP contribution in [-0.4, -0.2) is 52.0 Å². The smallest absolute Gasteiger partial charge is 0.384 e. The Bertz CT molecular complexity index is 904. The number of ether oxygens (including phenoxy) is 1. The maximum absolute atomic E-state index is 13.2. The normalized spacial score (nSPS) is 23.8. The average molecular weight is 441 g/mol. The van der Waals surface area contributed by atoms with Crippen LogP contribution in [0.1, 0.15) is 25.5 Å². The van der Waals surface area contributed by atoms with Crippen molar-refractivity contribution < 1.29 is 17.9 Å². The van der Waals surface area contributed by atoms with Crippen molar-refractivity contribution in [2.75, 3.05) is 30.3 Å². The van der Waals surface area contributed by atoms with E-state index in [0.717, 1.165) is 37.7 Å². The molecule has 0 aliphatic carbocycles. The molecule has 1 spiro atoms. The number of alkyl halides is 3. The Hall–Kier alpha value is -2.18. The zero-order chi connectivity index (χ0) is 21.5. The molecule has 2 saturated heterocycles.